The minimum Gasteiger partial charge on any atom is -0.494 e. The first-order valence-corrected chi connectivity index (χ1v) is 11.0. The van der Waals surface area contributed by atoms with E-state index in [2.05, 4.69) is 38.8 Å². The van der Waals surface area contributed by atoms with Crippen LogP contribution in [0.2, 0.25) is 0 Å². The van der Waals surface area contributed by atoms with E-state index in [1.165, 1.54) is 24.1 Å². The van der Waals surface area contributed by atoms with Gasteiger partial charge < -0.3 is 14.8 Å². The SMILES string of the molecule is CCCCc1ncc(CN2CCN(Cc3ccc(OCC)cc3)C(CCO)C2)[nH]1. The zero-order valence-corrected chi connectivity index (χ0v) is 17.9. The Morgan fingerprint density at radius 1 is 1.17 bits per heavy atom. The van der Waals surface area contributed by atoms with Crippen molar-refractivity contribution in [3.8, 4) is 5.75 Å². The van der Waals surface area contributed by atoms with Gasteiger partial charge in [0.2, 0.25) is 0 Å². The second-order valence-electron chi connectivity index (χ2n) is 7.91. The van der Waals surface area contributed by atoms with Crippen LogP contribution >= 0.6 is 0 Å². The van der Waals surface area contributed by atoms with Crippen molar-refractivity contribution in [2.24, 2.45) is 0 Å². The van der Waals surface area contributed by atoms with Crippen molar-refractivity contribution < 1.29 is 9.84 Å². The first-order valence-electron chi connectivity index (χ1n) is 11.0. The monoisotopic (exact) mass is 400 g/mol. The lowest BCUT2D eigenvalue weighted by Gasteiger charge is -2.41. The summed E-state index contributed by atoms with van der Waals surface area (Å²) in [6.07, 6.45) is 6.18. The first kappa shape index (κ1) is 21.8. The van der Waals surface area contributed by atoms with Gasteiger partial charge in [0.15, 0.2) is 0 Å². The van der Waals surface area contributed by atoms with Crippen LogP contribution in [0, 0.1) is 0 Å². The predicted molar refractivity (Wildman–Crippen MR) is 116 cm³/mol. The molecule has 2 N–H and O–H groups in total. The standard InChI is InChI=1S/C23H36N4O2/c1-3-5-6-23-24-15-20(25-23)17-26-12-13-27(21(18-26)11-14-28)16-19-7-9-22(10-8-19)29-4-2/h7-10,15,21,28H,3-6,11-14,16-18H2,1-2H3,(H,24,25). The Balaban J connectivity index is 1.55. The average molecular weight is 401 g/mol. The topological polar surface area (TPSA) is 64.6 Å². The maximum Gasteiger partial charge on any atom is 0.119 e. The molecule has 1 atom stereocenters. The number of rotatable bonds is 11. The lowest BCUT2D eigenvalue weighted by Crippen LogP contribution is -2.52. The molecule has 0 bridgehead atoms. The van der Waals surface area contributed by atoms with Crippen LogP contribution in [-0.2, 0) is 19.5 Å². The van der Waals surface area contributed by atoms with E-state index in [0.717, 1.165) is 57.1 Å². The van der Waals surface area contributed by atoms with Crippen LogP contribution in [-0.4, -0.2) is 63.8 Å². The predicted octanol–water partition coefficient (Wildman–Crippen LogP) is 3.22. The summed E-state index contributed by atoms with van der Waals surface area (Å²) < 4.78 is 5.54. The number of H-pyrrole nitrogens is 1. The molecule has 1 aromatic heterocycles. The molecule has 1 aliphatic heterocycles. The summed E-state index contributed by atoms with van der Waals surface area (Å²) in [4.78, 5) is 13.0. The molecule has 6 heteroatoms. The third kappa shape index (κ3) is 6.56. The Labute approximate surface area is 174 Å². The summed E-state index contributed by atoms with van der Waals surface area (Å²) in [5.41, 5.74) is 2.48. The molecule has 160 valence electrons. The molecule has 1 unspecified atom stereocenters. The van der Waals surface area contributed by atoms with Gasteiger partial charge in [-0.2, -0.15) is 0 Å². The highest BCUT2D eigenvalue weighted by Crippen LogP contribution is 2.20. The quantitative estimate of drug-likeness (QED) is 0.606. The molecule has 1 fully saturated rings. The van der Waals surface area contributed by atoms with Crippen LogP contribution in [0.25, 0.3) is 0 Å². The first-order chi connectivity index (χ1) is 14.2. The van der Waals surface area contributed by atoms with Crippen LogP contribution in [0.4, 0.5) is 0 Å². The van der Waals surface area contributed by atoms with E-state index in [9.17, 15) is 5.11 Å². The molecule has 0 radical (unpaired) electrons. The van der Waals surface area contributed by atoms with Gasteiger partial charge in [0.25, 0.3) is 0 Å². The molecular weight excluding hydrogens is 364 g/mol. The Kier molecular flexibility index (Phi) is 8.52. The molecule has 2 aromatic rings. The summed E-state index contributed by atoms with van der Waals surface area (Å²) in [5.74, 6) is 2.02. The van der Waals surface area contributed by atoms with Gasteiger partial charge in [0.1, 0.15) is 11.6 Å². The van der Waals surface area contributed by atoms with Crippen molar-refractivity contribution in [3.05, 3.63) is 47.5 Å². The lowest BCUT2D eigenvalue weighted by atomic mass is 10.1. The zero-order valence-electron chi connectivity index (χ0n) is 17.9. The Hall–Kier alpha value is -1.89. The number of aliphatic hydroxyl groups is 1. The van der Waals surface area contributed by atoms with Crippen molar-refractivity contribution in [2.45, 2.75) is 58.7 Å². The molecule has 1 saturated heterocycles. The maximum absolute atomic E-state index is 9.58. The smallest absolute Gasteiger partial charge is 0.119 e. The third-order valence-electron chi connectivity index (χ3n) is 5.61. The van der Waals surface area contributed by atoms with Gasteiger partial charge in [-0.05, 0) is 37.5 Å². The van der Waals surface area contributed by atoms with Crippen molar-refractivity contribution in [2.75, 3.05) is 32.8 Å². The van der Waals surface area contributed by atoms with Crippen molar-refractivity contribution in [3.63, 3.8) is 0 Å². The number of aryl methyl sites for hydroxylation is 1. The highest BCUT2D eigenvalue weighted by molar-refractivity contribution is 5.27. The highest BCUT2D eigenvalue weighted by Gasteiger charge is 2.27. The third-order valence-corrected chi connectivity index (χ3v) is 5.61. The van der Waals surface area contributed by atoms with Crippen LogP contribution < -0.4 is 4.74 Å². The molecule has 2 heterocycles. The van der Waals surface area contributed by atoms with Crippen LogP contribution in [0.5, 0.6) is 5.75 Å². The van der Waals surface area contributed by atoms with E-state index < -0.39 is 0 Å². The number of nitrogens with zero attached hydrogens (tertiary/aromatic N) is 3. The van der Waals surface area contributed by atoms with E-state index in [1.807, 2.05) is 25.3 Å². The number of benzene rings is 1. The molecule has 0 aliphatic carbocycles. The second-order valence-corrected chi connectivity index (χ2v) is 7.91. The van der Waals surface area contributed by atoms with Gasteiger partial charge in [0, 0.05) is 63.7 Å². The van der Waals surface area contributed by atoms with E-state index >= 15 is 0 Å². The lowest BCUT2D eigenvalue weighted by molar-refractivity contribution is 0.0494. The Morgan fingerprint density at radius 2 is 2.00 bits per heavy atom. The Morgan fingerprint density at radius 3 is 2.72 bits per heavy atom. The molecule has 1 aliphatic rings. The molecule has 0 spiro atoms. The van der Waals surface area contributed by atoms with E-state index in [-0.39, 0.29) is 6.61 Å². The Bertz CT molecular complexity index is 716. The summed E-state index contributed by atoms with van der Waals surface area (Å²) in [6.45, 7) is 9.95. The molecule has 0 saturated carbocycles. The molecule has 0 amide bonds. The fourth-order valence-electron chi connectivity index (χ4n) is 4.02. The van der Waals surface area contributed by atoms with E-state index in [4.69, 9.17) is 4.74 Å². The summed E-state index contributed by atoms with van der Waals surface area (Å²) in [7, 11) is 0. The summed E-state index contributed by atoms with van der Waals surface area (Å²) in [6, 6.07) is 8.75. The van der Waals surface area contributed by atoms with E-state index in [0.29, 0.717) is 12.6 Å². The number of aromatic amines is 1. The molecule has 6 nitrogen and oxygen atoms in total. The zero-order chi connectivity index (χ0) is 20.5. The number of hydrogen-bond donors (Lipinski definition) is 2. The molecule has 1 aromatic carbocycles. The van der Waals surface area contributed by atoms with Gasteiger partial charge in [-0.25, -0.2) is 4.98 Å². The van der Waals surface area contributed by atoms with Crippen LogP contribution in [0.1, 0.15) is 50.2 Å². The van der Waals surface area contributed by atoms with Gasteiger partial charge in [0.05, 0.1) is 6.61 Å². The number of piperazine rings is 1. The van der Waals surface area contributed by atoms with Gasteiger partial charge in [-0.1, -0.05) is 25.5 Å². The summed E-state index contributed by atoms with van der Waals surface area (Å²) >= 11 is 0. The minimum absolute atomic E-state index is 0.226. The number of unbranched alkanes of at least 4 members (excludes halogenated alkanes) is 1. The average Bonchev–Trinajstić information content (AvgIpc) is 3.17. The molecule has 29 heavy (non-hydrogen) atoms. The molecule has 3 rings (SSSR count). The number of hydrogen-bond acceptors (Lipinski definition) is 5. The van der Waals surface area contributed by atoms with Crippen LogP contribution in [0.3, 0.4) is 0 Å². The van der Waals surface area contributed by atoms with Gasteiger partial charge >= 0.3 is 0 Å². The van der Waals surface area contributed by atoms with Crippen LogP contribution in [0.15, 0.2) is 30.5 Å². The van der Waals surface area contributed by atoms with E-state index in [1.54, 1.807) is 0 Å². The van der Waals surface area contributed by atoms with Gasteiger partial charge in [-0.3, -0.25) is 9.80 Å². The number of imidazole rings is 1. The number of aliphatic hydroxyl groups excluding tert-OH is 1. The minimum atomic E-state index is 0.226. The van der Waals surface area contributed by atoms with Crippen molar-refractivity contribution in [1.82, 2.24) is 19.8 Å². The highest BCUT2D eigenvalue weighted by atomic mass is 16.5. The second kappa shape index (κ2) is 11.3. The fraction of sp³-hybridized carbons (Fsp3) is 0.609. The number of nitrogens with one attached hydrogen (secondary N) is 1. The largest absolute Gasteiger partial charge is 0.494 e. The fourth-order valence-corrected chi connectivity index (χ4v) is 4.02. The molecular formula is C23H36N4O2. The van der Waals surface area contributed by atoms with Crippen molar-refractivity contribution in [1.29, 1.82) is 0 Å². The summed E-state index contributed by atoms with van der Waals surface area (Å²) in [5, 5.41) is 9.58. The van der Waals surface area contributed by atoms with Gasteiger partial charge in [-0.15, -0.1) is 0 Å². The number of ether oxygens (including phenoxy) is 1. The normalized spacial score (nSPS) is 18.2. The number of aromatic nitrogens is 2. The maximum atomic E-state index is 9.58. The van der Waals surface area contributed by atoms with Crippen molar-refractivity contribution >= 4 is 0 Å².